The van der Waals surface area contributed by atoms with Gasteiger partial charge in [0.15, 0.2) is 0 Å². The molecular formula is C12H17Br2NO. The lowest BCUT2D eigenvalue weighted by atomic mass is 9.95. The van der Waals surface area contributed by atoms with Crippen LogP contribution in [0.15, 0.2) is 27.1 Å². The maximum Gasteiger partial charge on any atom is 0.0941 e. The van der Waals surface area contributed by atoms with Gasteiger partial charge >= 0.3 is 0 Å². The van der Waals surface area contributed by atoms with Crippen LogP contribution in [-0.4, -0.2) is 11.1 Å². The van der Waals surface area contributed by atoms with E-state index in [1.165, 1.54) is 0 Å². The number of aliphatic hydroxyl groups is 1. The molecule has 16 heavy (non-hydrogen) atoms. The first-order valence-electron chi connectivity index (χ1n) is 5.30. The molecule has 0 amide bonds. The van der Waals surface area contributed by atoms with Gasteiger partial charge in [-0.1, -0.05) is 19.9 Å². The van der Waals surface area contributed by atoms with E-state index < -0.39 is 6.10 Å². The molecule has 0 heterocycles. The van der Waals surface area contributed by atoms with E-state index in [-0.39, 0.29) is 6.04 Å². The third-order valence-electron chi connectivity index (χ3n) is 2.43. The molecule has 2 unspecified atom stereocenters. The zero-order valence-electron chi connectivity index (χ0n) is 9.45. The lowest BCUT2D eigenvalue weighted by Crippen LogP contribution is -2.29. The van der Waals surface area contributed by atoms with Crippen molar-refractivity contribution in [3.8, 4) is 0 Å². The third kappa shape index (κ3) is 3.84. The SMILES string of the molecule is CC(C)CC(N)C(O)c1ccc(Br)c(Br)c1. The van der Waals surface area contributed by atoms with Gasteiger partial charge in [0.1, 0.15) is 0 Å². The van der Waals surface area contributed by atoms with Crippen LogP contribution in [0.5, 0.6) is 0 Å². The molecule has 0 aliphatic heterocycles. The average molecular weight is 351 g/mol. The van der Waals surface area contributed by atoms with Gasteiger partial charge in [0.05, 0.1) is 6.10 Å². The van der Waals surface area contributed by atoms with E-state index in [0.29, 0.717) is 5.92 Å². The lowest BCUT2D eigenvalue weighted by Gasteiger charge is -2.21. The summed E-state index contributed by atoms with van der Waals surface area (Å²) in [6.07, 6.45) is 0.210. The van der Waals surface area contributed by atoms with Crippen molar-refractivity contribution in [2.45, 2.75) is 32.4 Å². The van der Waals surface area contributed by atoms with E-state index in [1.807, 2.05) is 18.2 Å². The minimum Gasteiger partial charge on any atom is -0.387 e. The molecule has 0 saturated carbocycles. The second-order valence-corrected chi connectivity index (χ2v) is 6.12. The predicted octanol–water partition coefficient (Wildman–Crippen LogP) is 3.62. The Hall–Kier alpha value is 0.1000. The van der Waals surface area contributed by atoms with Crippen molar-refractivity contribution in [1.29, 1.82) is 0 Å². The monoisotopic (exact) mass is 349 g/mol. The van der Waals surface area contributed by atoms with Crippen LogP contribution in [0.25, 0.3) is 0 Å². The standard InChI is InChI=1S/C12H17Br2NO/c1-7(2)5-11(15)12(16)8-3-4-9(13)10(14)6-8/h3-4,6-7,11-12,16H,5,15H2,1-2H3. The van der Waals surface area contributed by atoms with Gasteiger partial charge in [-0.2, -0.15) is 0 Å². The van der Waals surface area contributed by atoms with Crippen LogP contribution in [0.3, 0.4) is 0 Å². The average Bonchev–Trinajstić information content (AvgIpc) is 2.20. The molecule has 0 fully saturated rings. The number of nitrogens with two attached hydrogens (primary N) is 1. The van der Waals surface area contributed by atoms with E-state index in [9.17, 15) is 5.11 Å². The Balaban J connectivity index is 2.79. The van der Waals surface area contributed by atoms with Crippen LogP contribution < -0.4 is 5.73 Å². The highest BCUT2D eigenvalue weighted by Crippen LogP contribution is 2.28. The summed E-state index contributed by atoms with van der Waals surface area (Å²) in [6.45, 7) is 4.20. The van der Waals surface area contributed by atoms with Crippen LogP contribution >= 0.6 is 31.9 Å². The molecule has 1 aromatic rings. The minimum absolute atomic E-state index is 0.215. The minimum atomic E-state index is -0.605. The van der Waals surface area contributed by atoms with Crippen LogP contribution in [-0.2, 0) is 0 Å². The smallest absolute Gasteiger partial charge is 0.0941 e. The molecule has 0 bridgehead atoms. The molecule has 0 spiro atoms. The van der Waals surface area contributed by atoms with Gasteiger partial charge in [-0.15, -0.1) is 0 Å². The van der Waals surface area contributed by atoms with Gasteiger partial charge in [-0.3, -0.25) is 0 Å². The molecule has 0 aromatic heterocycles. The van der Waals surface area contributed by atoms with Gasteiger partial charge in [-0.05, 0) is 61.9 Å². The van der Waals surface area contributed by atoms with Crippen LogP contribution in [0, 0.1) is 5.92 Å². The molecule has 0 aliphatic rings. The maximum atomic E-state index is 10.1. The van der Waals surface area contributed by atoms with Gasteiger partial charge in [0.2, 0.25) is 0 Å². The largest absolute Gasteiger partial charge is 0.387 e. The Morgan fingerprint density at radius 2 is 1.88 bits per heavy atom. The molecule has 1 rings (SSSR count). The van der Waals surface area contributed by atoms with Crippen LogP contribution in [0.1, 0.15) is 31.9 Å². The topological polar surface area (TPSA) is 46.2 Å². The second kappa shape index (κ2) is 6.15. The first kappa shape index (κ1) is 14.2. The second-order valence-electron chi connectivity index (χ2n) is 4.41. The van der Waals surface area contributed by atoms with Gasteiger partial charge in [-0.25, -0.2) is 0 Å². The summed E-state index contributed by atoms with van der Waals surface area (Å²) in [4.78, 5) is 0. The van der Waals surface area contributed by atoms with E-state index in [1.54, 1.807) is 0 Å². The molecule has 3 N–H and O–H groups in total. The Morgan fingerprint density at radius 1 is 1.25 bits per heavy atom. The van der Waals surface area contributed by atoms with Crippen molar-refractivity contribution in [1.82, 2.24) is 0 Å². The van der Waals surface area contributed by atoms with Crippen LogP contribution in [0.2, 0.25) is 0 Å². The van der Waals surface area contributed by atoms with Gasteiger partial charge < -0.3 is 10.8 Å². The number of rotatable bonds is 4. The summed E-state index contributed by atoms with van der Waals surface area (Å²) in [7, 11) is 0. The van der Waals surface area contributed by atoms with E-state index in [2.05, 4.69) is 45.7 Å². The van der Waals surface area contributed by atoms with E-state index in [4.69, 9.17) is 5.73 Å². The summed E-state index contributed by atoms with van der Waals surface area (Å²) >= 11 is 6.81. The Morgan fingerprint density at radius 3 is 2.38 bits per heavy atom. The zero-order chi connectivity index (χ0) is 12.3. The fourth-order valence-electron chi connectivity index (χ4n) is 1.62. The summed E-state index contributed by atoms with van der Waals surface area (Å²) in [5.41, 5.74) is 6.81. The third-order valence-corrected chi connectivity index (χ3v) is 4.31. The van der Waals surface area contributed by atoms with Crippen LogP contribution in [0.4, 0.5) is 0 Å². The summed E-state index contributed by atoms with van der Waals surface area (Å²) < 4.78 is 1.90. The molecular weight excluding hydrogens is 334 g/mol. The predicted molar refractivity (Wildman–Crippen MR) is 74.2 cm³/mol. The molecule has 2 atom stereocenters. The lowest BCUT2D eigenvalue weighted by molar-refractivity contribution is 0.136. The highest BCUT2D eigenvalue weighted by molar-refractivity contribution is 9.13. The molecule has 0 saturated heterocycles. The fraction of sp³-hybridized carbons (Fsp3) is 0.500. The molecule has 2 nitrogen and oxygen atoms in total. The Bertz CT molecular complexity index is 355. The number of aliphatic hydroxyl groups excluding tert-OH is 1. The van der Waals surface area contributed by atoms with Crippen molar-refractivity contribution in [2.75, 3.05) is 0 Å². The Labute approximate surface area is 113 Å². The number of hydrogen-bond acceptors (Lipinski definition) is 2. The normalized spacial score (nSPS) is 15.2. The fourth-order valence-corrected chi connectivity index (χ4v) is 2.26. The van der Waals surface area contributed by atoms with E-state index >= 15 is 0 Å². The summed E-state index contributed by atoms with van der Waals surface area (Å²) in [6, 6.07) is 5.48. The van der Waals surface area contributed by atoms with Crippen molar-refractivity contribution in [3.05, 3.63) is 32.7 Å². The number of hydrogen-bond donors (Lipinski definition) is 2. The first-order valence-corrected chi connectivity index (χ1v) is 6.89. The van der Waals surface area contributed by atoms with Gasteiger partial charge in [0.25, 0.3) is 0 Å². The number of benzene rings is 1. The highest BCUT2D eigenvalue weighted by atomic mass is 79.9. The zero-order valence-corrected chi connectivity index (χ0v) is 12.6. The molecule has 4 heteroatoms. The number of halogens is 2. The maximum absolute atomic E-state index is 10.1. The molecule has 90 valence electrons. The molecule has 1 aromatic carbocycles. The Kier molecular flexibility index (Phi) is 5.44. The quantitative estimate of drug-likeness (QED) is 0.871. The molecule has 0 aliphatic carbocycles. The first-order chi connectivity index (χ1) is 7.41. The van der Waals surface area contributed by atoms with Crippen molar-refractivity contribution in [3.63, 3.8) is 0 Å². The summed E-state index contributed by atoms with van der Waals surface area (Å²) in [5.74, 6) is 0.489. The highest BCUT2D eigenvalue weighted by Gasteiger charge is 2.18. The van der Waals surface area contributed by atoms with E-state index in [0.717, 1.165) is 20.9 Å². The van der Waals surface area contributed by atoms with Crippen molar-refractivity contribution < 1.29 is 5.11 Å². The molecule has 0 radical (unpaired) electrons. The van der Waals surface area contributed by atoms with Crippen molar-refractivity contribution >= 4 is 31.9 Å². The van der Waals surface area contributed by atoms with Crippen molar-refractivity contribution in [2.24, 2.45) is 11.7 Å². The van der Waals surface area contributed by atoms with Gasteiger partial charge in [0, 0.05) is 15.0 Å². The summed E-state index contributed by atoms with van der Waals surface area (Å²) in [5, 5.41) is 10.1.